The summed E-state index contributed by atoms with van der Waals surface area (Å²) in [5.74, 6) is -0.272. The van der Waals surface area contributed by atoms with Gasteiger partial charge in [0.2, 0.25) is 0 Å². The van der Waals surface area contributed by atoms with Crippen LogP contribution in [0.25, 0.3) is 0 Å². The summed E-state index contributed by atoms with van der Waals surface area (Å²) in [4.78, 5) is 13.6. The van der Waals surface area contributed by atoms with E-state index in [1.807, 2.05) is 0 Å². The molecule has 1 saturated heterocycles. The summed E-state index contributed by atoms with van der Waals surface area (Å²) in [6.07, 6.45) is 3.57. The molecule has 0 aliphatic carbocycles. The van der Waals surface area contributed by atoms with Gasteiger partial charge in [-0.2, -0.15) is 0 Å². The summed E-state index contributed by atoms with van der Waals surface area (Å²) < 4.78 is 10.2. The van der Waals surface area contributed by atoms with Crippen LogP contribution in [0.1, 0.15) is 33.1 Å². The molecule has 0 amide bonds. The first kappa shape index (κ1) is 16.4. The lowest BCUT2D eigenvalue weighted by molar-refractivity contribution is -0.148. The van der Waals surface area contributed by atoms with Crippen LogP contribution in [-0.4, -0.2) is 62.9 Å². The molecule has 0 saturated carbocycles. The number of piperidine rings is 1. The minimum absolute atomic E-state index is 0.0695. The zero-order valence-electron chi connectivity index (χ0n) is 12.3. The molecule has 1 aliphatic heterocycles. The molecule has 1 heterocycles. The molecule has 1 rings (SSSR count). The van der Waals surface area contributed by atoms with E-state index in [-0.39, 0.29) is 12.6 Å². The second kappa shape index (κ2) is 10.2. The molecule has 0 aromatic rings. The van der Waals surface area contributed by atoms with Crippen molar-refractivity contribution in [3.05, 3.63) is 0 Å². The summed E-state index contributed by atoms with van der Waals surface area (Å²) in [7, 11) is 0. The molecule has 1 N–H and O–H groups in total. The van der Waals surface area contributed by atoms with Crippen LogP contribution < -0.4 is 5.32 Å². The van der Waals surface area contributed by atoms with Crippen molar-refractivity contribution in [1.82, 2.24) is 10.2 Å². The smallest absolute Gasteiger partial charge is 0.332 e. The van der Waals surface area contributed by atoms with Crippen molar-refractivity contribution in [2.24, 2.45) is 0 Å². The van der Waals surface area contributed by atoms with E-state index in [9.17, 15) is 4.79 Å². The van der Waals surface area contributed by atoms with Crippen molar-refractivity contribution in [2.45, 2.75) is 39.2 Å². The van der Waals surface area contributed by atoms with Crippen molar-refractivity contribution in [1.29, 1.82) is 0 Å². The third kappa shape index (κ3) is 6.89. The zero-order valence-corrected chi connectivity index (χ0v) is 12.3. The Morgan fingerprint density at radius 1 is 1.26 bits per heavy atom. The van der Waals surface area contributed by atoms with Crippen molar-refractivity contribution < 1.29 is 14.3 Å². The normalized spacial score (nSPS) is 16.8. The molecule has 0 aromatic heterocycles. The summed E-state index contributed by atoms with van der Waals surface area (Å²) in [5, 5.41) is 3.39. The molecule has 112 valence electrons. The van der Waals surface area contributed by atoms with Crippen molar-refractivity contribution in [3.63, 3.8) is 0 Å². The first-order valence-electron chi connectivity index (χ1n) is 7.46. The number of hydrogen-bond acceptors (Lipinski definition) is 5. The third-order valence-electron chi connectivity index (χ3n) is 3.38. The second-order valence-corrected chi connectivity index (χ2v) is 4.87. The van der Waals surface area contributed by atoms with Gasteiger partial charge in [0.15, 0.2) is 0 Å². The van der Waals surface area contributed by atoms with E-state index in [4.69, 9.17) is 9.47 Å². The predicted molar refractivity (Wildman–Crippen MR) is 75.2 cm³/mol. The molecule has 0 unspecified atom stereocenters. The fourth-order valence-electron chi connectivity index (χ4n) is 2.48. The van der Waals surface area contributed by atoms with E-state index in [1.165, 1.54) is 12.8 Å². The van der Waals surface area contributed by atoms with Gasteiger partial charge in [-0.25, -0.2) is 4.79 Å². The number of esters is 1. The largest absolute Gasteiger partial charge is 0.464 e. The van der Waals surface area contributed by atoms with Gasteiger partial charge >= 0.3 is 5.97 Å². The quantitative estimate of drug-likeness (QED) is 0.502. The molecule has 0 radical (unpaired) electrons. The molecule has 19 heavy (non-hydrogen) atoms. The van der Waals surface area contributed by atoms with Gasteiger partial charge in [0.1, 0.15) is 6.61 Å². The number of carbonyl (C=O) groups excluding carboxylic acids is 1. The highest BCUT2D eigenvalue weighted by Crippen LogP contribution is 2.11. The maximum Gasteiger partial charge on any atom is 0.332 e. The highest BCUT2D eigenvalue weighted by atomic mass is 16.6. The van der Waals surface area contributed by atoms with Crippen molar-refractivity contribution in [2.75, 3.05) is 46.0 Å². The maximum absolute atomic E-state index is 11.1. The van der Waals surface area contributed by atoms with Crippen LogP contribution >= 0.6 is 0 Å². The van der Waals surface area contributed by atoms with Gasteiger partial charge in [-0.3, -0.25) is 4.90 Å². The molecule has 0 atom stereocenters. The van der Waals surface area contributed by atoms with Gasteiger partial charge in [0, 0.05) is 12.6 Å². The predicted octanol–water partition coefficient (Wildman–Crippen LogP) is 1.03. The summed E-state index contributed by atoms with van der Waals surface area (Å²) in [6, 6.07) is 0.660. The Bertz CT molecular complexity index is 243. The number of nitrogens with one attached hydrogen (secondary N) is 1. The summed E-state index contributed by atoms with van der Waals surface area (Å²) in [6.45, 7) is 9.31. The molecule has 5 nitrogen and oxygen atoms in total. The molecule has 5 heteroatoms. The van der Waals surface area contributed by atoms with Crippen LogP contribution in [0.3, 0.4) is 0 Å². The van der Waals surface area contributed by atoms with E-state index in [0.717, 1.165) is 32.6 Å². The second-order valence-electron chi connectivity index (χ2n) is 4.87. The average molecular weight is 272 g/mol. The van der Waals surface area contributed by atoms with Gasteiger partial charge in [-0.05, 0) is 45.8 Å². The van der Waals surface area contributed by atoms with E-state index in [0.29, 0.717) is 19.3 Å². The zero-order chi connectivity index (χ0) is 13.9. The number of hydrogen-bond donors (Lipinski definition) is 1. The molecular formula is C14H28N2O3. The number of ether oxygens (including phenoxy) is 2. The first-order chi connectivity index (χ1) is 9.27. The molecule has 0 aromatic carbocycles. The van der Waals surface area contributed by atoms with Gasteiger partial charge in [0.25, 0.3) is 0 Å². The number of carbonyl (C=O) groups is 1. The van der Waals surface area contributed by atoms with Crippen LogP contribution in [0.15, 0.2) is 0 Å². The van der Waals surface area contributed by atoms with E-state index < -0.39 is 0 Å². The van der Waals surface area contributed by atoms with Gasteiger partial charge in [-0.1, -0.05) is 6.92 Å². The Kier molecular flexibility index (Phi) is 8.79. The summed E-state index contributed by atoms with van der Waals surface area (Å²) in [5.41, 5.74) is 0. The Hall–Kier alpha value is -0.650. The molecular weight excluding hydrogens is 244 g/mol. The average Bonchev–Trinajstić information content (AvgIpc) is 2.43. The van der Waals surface area contributed by atoms with Crippen LogP contribution in [-0.2, 0) is 14.3 Å². The Labute approximate surface area is 116 Å². The van der Waals surface area contributed by atoms with E-state index in [1.54, 1.807) is 6.92 Å². The topological polar surface area (TPSA) is 50.8 Å². The monoisotopic (exact) mass is 272 g/mol. The minimum atomic E-state index is -0.272. The van der Waals surface area contributed by atoms with Crippen LogP contribution in [0.4, 0.5) is 0 Å². The molecule has 0 spiro atoms. The van der Waals surface area contributed by atoms with Gasteiger partial charge < -0.3 is 14.8 Å². The highest BCUT2D eigenvalue weighted by molar-refractivity contribution is 5.70. The SMILES string of the molecule is CCCN(CCOCC(=O)OCC)C1CCNCC1. The lowest BCUT2D eigenvalue weighted by Crippen LogP contribution is -2.44. The van der Waals surface area contributed by atoms with E-state index in [2.05, 4.69) is 17.1 Å². The third-order valence-corrected chi connectivity index (χ3v) is 3.38. The van der Waals surface area contributed by atoms with Crippen molar-refractivity contribution >= 4 is 5.97 Å². The van der Waals surface area contributed by atoms with Gasteiger partial charge in [-0.15, -0.1) is 0 Å². The fraction of sp³-hybridized carbons (Fsp3) is 0.929. The minimum Gasteiger partial charge on any atom is -0.464 e. The van der Waals surface area contributed by atoms with Crippen molar-refractivity contribution in [3.8, 4) is 0 Å². The molecule has 1 fully saturated rings. The van der Waals surface area contributed by atoms with E-state index >= 15 is 0 Å². The Morgan fingerprint density at radius 2 is 2.00 bits per heavy atom. The lowest BCUT2D eigenvalue weighted by Gasteiger charge is -2.34. The van der Waals surface area contributed by atoms with Crippen LogP contribution in [0, 0.1) is 0 Å². The highest BCUT2D eigenvalue weighted by Gasteiger charge is 2.19. The van der Waals surface area contributed by atoms with Crippen LogP contribution in [0.2, 0.25) is 0 Å². The van der Waals surface area contributed by atoms with Gasteiger partial charge in [0.05, 0.1) is 13.2 Å². The molecule has 0 bridgehead atoms. The number of nitrogens with zero attached hydrogens (tertiary/aromatic N) is 1. The Balaban J connectivity index is 2.19. The fourth-order valence-corrected chi connectivity index (χ4v) is 2.48. The molecule has 1 aliphatic rings. The Morgan fingerprint density at radius 3 is 2.63 bits per heavy atom. The first-order valence-corrected chi connectivity index (χ1v) is 7.46. The number of rotatable bonds is 9. The standard InChI is InChI=1S/C14H28N2O3/c1-3-9-16(13-5-7-15-8-6-13)10-11-18-12-14(17)19-4-2/h13,15H,3-12H2,1-2H3. The maximum atomic E-state index is 11.1. The lowest BCUT2D eigenvalue weighted by atomic mass is 10.0. The van der Waals surface area contributed by atoms with Crippen LogP contribution in [0.5, 0.6) is 0 Å². The summed E-state index contributed by atoms with van der Waals surface area (Å²) >= 11 is 0.